The number of thiazole rings is 1. The van der Waals surface area contributed by atoms with Crippen LogP contribution in [0.25, 0.3) is 10.2 Å². The summed E-state index contributed by atoms with van der Waals surface area (Å²) in [5, 5.41) is 4.40. The van der Waals surface area contributed by atoms with Gasteiger partial charge in [0.05, 0.1) is 9.72 Å². The molecule has 0 fully saturated rings. The van der Waals surface area contributed by atoms with Crippen LogP contribution in [0.5, 0.6) is 0 Å². The maximum Gasteiger partial charge on any atom is 0.248 e. The van der Waals surface area contributed by atoms with Gasteiger partial charge in [0.15, 0.2) is 5.13 Å². The van der Waals surface area contributed by atoms with E-state index in [4.69, 9.17) is 17.3 Å². The fourth-order valence-corrected chi connectivity index (χ4v) is 3.75. The topological polar surface area (TPSA) is 68.0 Å². The van der Waals surface area contributed by atoms with Crippen LogP contribution >= 0.6 is 22.9 Å². The third-order valence-electron chi connectivity index (χ3n) is 4.04. The van der Waals surface area contributed by atoms with E-state index in [0.29, 0.717) is 27.8 Å². The SMILES string of the molecule is CC(C)(CNc1nc2c(Cl)cc(C(N)=O)cc2s1)c1ccc(F)cc1. The summed E-state index contributed by atoms with van der Waals surface area (Å²) in [5.74, 6) is -0.775. The van der Waals surface area contributed by atoms with Gasteiger partial charge in [-0.3, -0.25) is 4.79 Å². The number of fused-ring (bicyclic) bond motifs is 1. The first-order valence-corrected chi connectivity index (χ1v) is 8.85. The molecular weight excluding hydrogens is 361 g/mol. The molecule has 3 aromatic rings. The Bertz CT molecular complexity index is 937. The number of carbonyl (C=O) groups is 1. The van der Waals surface area contributed by atoms with Crippen LogP contribution in [0.2, 0.25) is 5.02 Å². The normalized spacial score (nSPS) is 11.7. The van der Waals surface area contributed by atoms with Crippen molar-refractivity contribution >= 4 is 44.2 Å². The van der Waals surface area contributed by atoms with Crippen molar-refractivity contribution in [3.05, 3.63) is 58.4 Å². The van der Waals surface area contributed by atoms with E-state index < -0.39 is 5.91 Å². The second-order valence-corrected chi connectivity index (χ2v) is 7.87. The van der Waals surface area contributed by atoms with Crippen LogP contribution in [-0.2, 0) is 5.41 Å². The van der Waals surface area contributed by atoms with Crippen molar-refractivity contribution in [1.29, 1.82) is 0 Å². The highest BCUT2D eigenvalue weighted by molar-refractivity contribution is 7.22. The molecule has 0 aliphatic rings. The standard InChI is InChI=1S/C18H17ClFN3OS/c1-18(2,11-3-5-12(20)6-4-11)9-22-17-23-15-13(19)7-10(16(21)24)8-14(15)25-17/h3-8H,9H2,1-2H3,(H2,21,24)(H,22,23). The molecule has 0 saturated heterocycles. The van der Waals surface area contributed by atoms with Gasteiger partial charge in [0, 0.05) is 17.5 Å². The zero-order valence-electron chi connectivity index (χ0n) is 13.8. The summed E-state index contributed by atoms with van der Waals surface area (Å²) in [6.45, 7) is 4.75. The van der Waals surface area contributed by atoms with Gasteiger partial charge in [-0.05, 0) is 29.8 Å². The Morgan fingerprint density at radius 1 is 1.32 bits per heavy atom. The fourth-order valence-electron chi connectivity index (χ4n) is 2.51. The molecule has 1 heterocycles. The van der Waals surface area contributed by atoms with Crippen LogP contribution < -0.4 is 11.1 Å². The molecule has 0 spiro atoms. The molecule has 4 nitrogen and oxygen atoms in total. The van der Waals surface area contributed by atoms with Crippen molar-refractivity contribution in [1.82, 2.24) is 4.98 Å². The summed E-state index contributed by atoms with van der Waals surface area (Å²) in [5.41, 5.74) is 7.12. The number of halogens is 2. The molecule has 130 valence electrons. The van der Waals surface area contributed by atoms with Crippen LogP contribution in [0.3, 0.4) is 0 Å². The van der Waals surface area contributed by atoms with Crippen LogP contribution in [-0.4, -0.2) is 17.4 Å². The monoisotopic (exact) mass is 377 g/mol. The molecule has 0 unspecified atom stereocenters. The molecule has 1 amide bonds. The number of rotatable bonds is 5. The maximum atomic E-state index is 13.1. The molecule has 7 heteroatoms. The molecule has 3 rings (SSSR count). The van der Waals surface area contributed by atoms with Gasteiger partial charge in [-0.2, -0.15) is 0 Å². The number of amides is 1. The summed E-state index contributed by atoms with van der Waals surface area (Å²) in [6, 6.07) is 9.70. The Morgan fingerprint density at radius 3 is 2.64 bits per heavy atom. The fraction of sp³-hybridized carbons (Fsp3) is 0.222. The summed E-state index contributed by atoms with van der Waals surface area (Å²) in [4.78, 5) is 15.8. The maximum absolute atomic E-state index is 13.1. The molecule has 2 aromatic carbocycles. The highest BCUT2D eigenvalue weighted by atomic mass is 35.5. The summed E-state index contributed by atoms with van der Waals surface area (Å²) >= 11 is 7.60. The Balaban J connectivity index is 1.82. The third kappa shape index (κ3) is 3.75. The lowest BCUT2D eigenvalue weighted by atomic mass is 9.85. The summed E-state index contributed by atoms with van der Waals surface area (Å²) in [6.07, 6.45) is 0. The average Bonchev–Trinajstić information content (AvgIpc) is 2.97. The third-order valence-corrected chi connectivity index (χ3v) is 5.29. The predicted molar refractivity (Wildman–Crippen MR) is 101 cm³/mol. The summed E-state index contributed by atoms with van der Waals surface area (Å²) < 4.78 is 13.9. The number of hydrogen-bond donors (Lipinski definition) is 2. The number of primary amides is 1. The minimum Gasteiger partial charge on any atom is -0.366 e. The number of benzene rings is 2. The largest absolute Gasteiger partial charge is 0.366 e. The molecule has 1 aromatic heterocycles. The van der Waals surface area contributed by atoms with Crippen molar-refractivity contribution in [2.75, 3.05) is 11.9 Å². The molecule has 0 aliphatic heterocycles. The number of nitrogens with two attached hydrogens (primary N) is 1. The Labute approximate surface area is 153 Å². The van der Waals surface area contributed by atoms with Gasteiger partial charge in [-0.15, -0.1) is 0 Å². The van der Waals surface area contributed by atoms with E-state index >= 15 is 0 Å². The van der Waals surface area contributed by atoms with Crippen LogP contribution in [0.1, 0.15) is 29.8 Å². The van der Waals surface area contributed by atoms with E-state index in [-0.39, 0.29) is 11.2 Å². The molecule has 25 heavy (non-hydrogen) atoms. The second-order valence-electron chi connectivity index (χ2n) is 6.43. The minimum absolute atomic E-state index is 0.215. The first kappa shape index (κ1) is 17.6. The molecule has 0 saturated carbocycles. The van der Waals surface area contributed by atoms with E-state index in [0.717, 1.165) is 10.3 Å². The molecule has 0 bridgehead atoms. The van der Waals surface area contributed by atoms with Crippen molar-refractivity contribution in [2.24, 2.45) is 5.73 Å². The molecule has 0 atom stereocenters. The number of nitrogens with zero attached hydrogens (tertiary/aromatic N) is 1. The number of hydrogen-bond acceptors (Lipinski definition) is 4. The molecule has 0 radical (unpaired) electrons. The molecule has 3 N–H and O–H groups in total. The van der Waals surface area contributed by atoms with Gasteiger partial charge >= 0.3 is 0 Å². The number of anilines is 1. The van der Waals surface area contributed by atoms with Gasteiger partial charge in [-0.1, -0.05) is 48.9 Å². The first-order valence-electron chi connectivity index (χ1n) is 7.66. The highest BCUT2D eigenvalue weighted by Gasteiger charge is 2.21. The van der Waals surface area contributed by atoms with Crippen molar-refractivity contribution in [2.45, 2.75) is 19.3 Å². The Morgan fingerprint density at radius 2 is 2.00 bits per heavy atom. The lowest BCUT2D eigenvalue weighted by Gasteiger charge is -2.25. The van der Waals surface area contributed by atoms with Gasteiger partial charge in [-0.25, -0.2) is 9.37 Å². The quantitative estimate of drug-likeness (QED) is 0.684. The van der Waals surface area contributed by atoms with Crippen molar-refractivity contribution in [3.8, 4) is 0 Å². The smallest absolute Gasteiger partial charge is 0.248 e. The molecular formula is C18H17ClFN3OS. The molecule has 0 aliphatic carbocycles. The highest BCUT2D eigenvalue weighted by Crippen LogP contribution is 2.33. The van der Waals surface area contributed by atoms with Gasteiger partial charge in [0.1, 0.15) is 11.3 Å². The predicted octanol–water partition coefficient (Wildman–Crippen LogP) is 4.58. The van der Waals surface area contributed by atoms with Gasteiger partial charge in [0.25, 0.3) is 0 Å². The van der Waals surface area contributed by atoms with Crippen molar-refractivity contribution in [3.63, 3.8) is 0 Å². The van der Waals surface area contributed by atoms with Gasteiger partial charge < -0.3 is 11.1 Å². The Kier molecular flexibility index (Phi) is 4.67. The van der Waals surface area contributed by atoms with E-state index in [2.05, 4.69) is 24.1 Å². The van der Waals surface area contributed by atoms with Crippen LogP contribution in [0, 0.1) is 5.82 Å². The van der Waals surface area contributed by atoms with E-state index in [1.165, 1.54) is 29.5 Å². The van der Waals surface area contributed by atoms with Gasteiger partial charge in [0.2, 0.25) is 5.91 Å². The zero-order chi connectivity index (χ0) is 18.2. The second kappa shape index (κ2) is 6.61. The minimum atomic E-state index is -0.524. The lowest BCUT2D eigenvalue weighted by Crippen LogP contribution is -2.27. The van der Waals surface area contributed by atoms with E-state index in [1.54, 1.807) is 18.2 Å². The van der Waals surface area contributed by atoms with E-state index in [9.17, 15) is 9.18 Å². The van der Waals surface area contributed by atoms with E-state index in [1.807, 2.05) is 0 Å². The number of aromatic nitrogens is 1. The van der Waals surface area contributed by atoms with Crippen LogP contribution in [0.15, 0.2) is 36.4 Å². The zero-order valence-corrected chi connectivity index (χ0v) is 15.3. The lowest BCUT2D eigenvalue weighted by molar-refractivity contribution is 0.100. The number of nitrogens with one attached hydrogen (secondary N) is 1. The first-order chi connectivity index (χ1) is 11.8. The number of carbonyl (C=O) groups excluding carboxylic acids is 1. The Hall–Kier alpha value is -2.18. The van der Waals surface area contributed by atoms with Crippen LogP contribution in [0.4, 0.5) is 9.52 Å². The average molecular weight is 378 g/mol. The van der Waals surface area contributed by atoms with Crippen molar-refractivity contribution < 1.29 is 9.18 Å². The summed E-state index contributed by atoms with van der Waals surface area (Å²) in [7, 11) is 0.